The predicted molar refractivity (Wildman–Crippen MR) is 112 cm³/mol. The van der Waals surface area contributed by atoms with Crippen molar-refractivity contribution < 1.29 is 18.4 Å². The number of carbonyl (C=O) groups excluding carboxylic acids is 2. The maximum Gasteiger partial charge on any atom is 0.250 e. The zero-order valence-corrected chi connectivity index (χ0v) is 15.8. The van der Waals surface area contributed by atoms with Gasteiger partial charge >= 0.3 is 0 Å². The van der Waals surface area contributed by atoms with Crippen LogP contribution in [-0.2, 0) is 9.59 Å². The molecule has 0 aliphatic rings. The maximum absolute atomic E-state index is 12.0. The van der Waals surface area contributed by atoms with E-state index in [0.717, 1.165) is 10.2 Å². The number of nitrogens with one attached hydrogen (secondary N) is 2. The molecule has 4 aromatic rings. The van der Waals surface area contributed by atoms with Crippen molar-refractivity contribution in [2.45, 2.75) is 0 Å². The first kappa shape index (κ1) is 18.5. The second kappa shape index (κ2) is 8.41. The van der Waals surface area contributed by atoms with Crippen LogP contribution >= 0.6 is 11.3 Å². The van der Waals surface area contributed by atoms with Gasteiger partial charge in [-0.1, -0.05) is 11.3 Å². The van der Waals surface area contributed by atoms with Crippen LogP contribution < -0.4 is 10.6 Å². The third-order valence-electron chi connectivity index (χ3n) is 3.77. The van der Waals surface area contributed by atoms with Gasteiger partial charge in [0.05, 0.1) is 22.7 Å². The van der Waals surface area contributed by atoms with Gasteiger partial charge in [-0.3, -0.25) is 14.9 Å². The number of furan rings is 2. The lowest BCUT2D eigenvalue weighted by molar-refractivity contribution is -0.112. The van der Waals surface area contributed by atoms with E-state index in [4.69, 9.17) is 8.83 Å². The van der Waals surface area contributed by atoms with E-state index in [0.29, 0.717) is 22.3 Å². The molecular weight excluding hydrogens is 390 g/mol. The van der Waals surface area contributed by atoms with Gasteiger partial charge in [-0.2, -0.15) is 0 Å². The van der Waals surface area contributed by atoms with E-state index < -0.39 is 0 Å². The second-order valence-electron chi connectivity index (χ2n) is 5.88. The lowest BCUT2D eigenvalue weighted by Crippen LogP contribution is -2.07. The summed E-state index contributed by atoms with van der Waals surface area (Å²) in [4.78, 5) is 28.4. The Morgan fingerprint density at radius 3 is 2.17 bits per heavy atom. The van der Waals surface area contributed by atoms with Crippen molar-refractivity contribution in [3.8, 4) is 0 Å². The fourth-order valence-corrected chi connectivity index (χ4v) is 3.38. The van der Waals surface area contributed by atoms with Crippen LogP contribution in [0.5, 0.6) is 0 Å². The molecule has 0 aliphatic carbocycles. The van der Waals surface area contributed by atoms with E-state index in [1.54, 1.807) is 60.9 Å². The molecule has 0 saturated heterocycles. The molecule has 0 unspecified atom stereocenters. The summed E-state index contributed by atoms with van der Waals surface area (Å²) >= 11 is 1.32. The maximum atomic E-state index is 12.0. The van der Waals surface area contributed by atoms with Crippen molar-refractivity contribution in [1.82, 2.24) is 4.98 Å². The Balaban J connectivity index is 1.40. The van der Waals surface area contributed by atoms with E-state index in [2.05, 4.69) is 15.6 Å². The van der Waals surface area contributed by atoms with Gasteiger partial charge in [0, 0.05) is 17.8 Å². The number of hydrogen-bond acceptors (Lipinski definition) is 6. The smallest absolute Gasteiger partial charge is 0.250 e. The van der Waals surface area contributed by atoms with Gasteiger partial charge in [-0.25, -0.2) is 4.98 Å². The first-order valence-corrected chi connectivity index (χ1v) is 9.43. The van der Waals surface area contributed by atoms with Crippen LogP contribution in [0.3, 0.4) is 0 Å². The average Bonchev–Trinajstić information content (AvgIpc) is 3.45. The third kappa shape index (κ3) is 4.88. The van der Waals surface area contributed by atoms with Crippen molar-refractivity contribution in [2.75, 3.05) is 10.6 Å². The zero-order valence-electron chi connectivity index (χ0n) is 15.0. The van der Waals surface area contributed by atoms with Crippen molar-refractivity contribution in [3.05, 3.63) is 78.7 Å². The van der Waals surface area contributed by atoms with Gasteiger partial charge in [-0.05, 0) is 54.6 Å². The largest absolute Gasteiger partial charge is 0.465 e. The summed E-state index contributed by atoms with van der Waals surface area (Å²) in [6, 6.07) is 12.3. The Hall–Kier alpha value is -3.91. The van der Waals surface area contributed by atoms with Crippen molar-refractivity contribution >= 4 is 56.3 Å². The van der Waals surface area contributed by atoms with E-state index >= 15 is 0 Å². The molecule has 0 aliphatic heterocycles. The van der Waals surface area contributed by atoms with Crippen LogP contribution in [-0.4, -0.2) is 16.8 Å². The summed E-state index contributed by atoms with van der Waals surface area (Å²) < 4.78 is 11.1. The molecule has 3 heterocycles. The molecule has 29 heavy (non-hydrogen) atoms. The highest BCUT2D eigenvalue weighted by Crippen LogP contribution is 2.28. The van der Waals surface area contributed by atoms with Crippen LogP contribution in [0.25, 0.3) is 22.4 Å². The van der Waals surface area contributed by atoms with Crippen molar-refractivity contribution in [2.24, 2.45) is 0 Å². The van der Waals surface area contributed by atoms with Gasteiger partial charge in [0.1, 0.15) is 11.5 Å². The number of anilines is 2. The minimum Gasteiger partial charge on any atom is -0.465 e. The molecule has 3 aromatic heterocycles. The molecule has 0 spiro atoms. The number of carbonyl (C=O) groups is 2. The number of hydrogen-bond donors (Lipinski definition) is 2. The number of rotatable bonds is 6. The Labute approximate surface area is 169 Å². The Morgan fingerprint density at radius 2 is 1.55 bits per heavy atom. The van der Waals surface area contributed by atoms with E-state index in [9.17, 15) is 9.59 Å². The number of aromatic nitrogens is 1. The summed E-state index contributed by atoms with van der Waals surface area (Å²) in [5.74, 6) is 0.601. The summed E-state index contributed by atoms with van der Waals surface area (Å²) in [6.07, 6.45) is 9.01. The van der Waals surface area contributed by atoms with E-state index in [1.807, 2.05) is 0 Å². The highest BCUT2D eigenvalue weighted by Gasteiger charge is 2.08. The van der Waals surface area contributed by atoms with Gasteiger partial charge in [-0.15, -0.1) is 0 Å². The molecule has 7 nitrogen and oxygen atoms in total. The van der Waals surface area contributed by atoms with Gasteiger partial charge in [0.25, 0.3) is 0 Å². The fraction of sp³-hybridized carbons (Fsp3) is 0. The molecule has 144 valence electrons. The van der Waals surface area contributed by atoms with Crippen LogP contribution in [0.4, 0.5) is 10.8 Å². The Morgan fingerprint density at radius 1 is 0.897 bits per heavy atom. The number of nitrogens with zero attached hydrogens (tertiary/aromatic N) is 1. The van der Waals surface area contributed by atoms with Crippen LogP contribution in [0.2, 0.25) is 0 Å². The van der Waals surface area contributed by atoms with E-state index in [1.165, 1.54) is 29.8 Å². The van der Waals surface area contributed by atoms with Gasteiger partial charge < -0.3 is 14.2 Å². The standard InChI is InChI=1S/C21H15N3O4S/c25-19(9-6-15-3-1-11-27-15)22-14-5-8-17-18(13-14)29-21(23-17)24-20(26)10-7-16-4-2-12-28-16/h1-13H,(H,22,25)(H,23,24,26)/b9-6+,10-7+. The van der Waals surface area contributed by atoms with Crippen LogP contribution in [0.1, 0.15) is 11.5 Å². The number of benzene rings is 1. The number of fused-ring (bicyclic) bond motifs is 1. The molecule has 4 rings (SSSR count). The summed E-state index contributed by atoms with van der Waals surface area (Å²) in [5, 5.41) is 5.97. The average molecular weight is 405 g/mol. The van der Waals surface area contributed by atoms with Gasteiger partial charge in [0.15, 0.2) is 5.13 Å². The summed E-state index contributed by atoms with van der Waals surface area (Å²) in [7, 11) is 0. The Kier molecular flexibility index (Phi) is 5.35. The quantitative estimate of drug-likeness (QED) is 0.450. The fourth-order valence-electron chi connectivity index (χ4n) is 2.47. The molecule has 0 fully saturated rings. The summed E-state index contributed by atoms with van der Waals surface area (Å²) in [5.41, 5.74) is 1.36. The first-order valence-electron chi connectivity index (χ1n) is 8.61. The molecule has 2 N–H and O–H groups in total. The number of amides is 2. The highest BCUT2D eigenvalue weighted by molar-refractivity contribution is 7.22. The molecular formula is C21H15N3O4S. The normalized spacial score (nSPS) is 11.4. The third-order valence-corrected chi connectivity index (χ3v) is 4.70. The lowest BCUT2D eigenvalue weighted by Gasteiger charge is -2.01. The first-order chi connectivity index (χ1) is 14.2. The monoisotopic (exact) mass is 405 g/mol. The molecule has 0 atom stereocenters. The minimum absolute atomic E-state index is 0.276. The van der Waals surface area contributed by atoms with Crippen molar-refractivity contribution in [3.63, 3.8) is 0 Å². The topological polar surface area (TPSA) is 97.4 Å². The number of thiazole rings is 1. The predicted octanol–water partition coefficient (Wildman–Crippen LogP) is 4.79. The van der Waals surface area contributed by atoms with Crippen LogP contribution in [0.15, 0.2) is 76.0 Å². The molecule has 8 heteroatoms. The van der Waals surface area contributed by atoms with Gasteiger partial charge in [0.2, 0.25) is 11.8 Å². The molecule has 1 aromatic carbocycles. The summed E-state index contributed by atoms with van der Waals surface area (Å²) in [6.45, 7) is 0. The molecule has 0 bridgehead atoms. The molecule has 0 radical (unpaired) electrons. The molecule has 2 amide bonds. The minimum atomic E-state index is -0.308. The second-order valence-corrected chi connectivity index (χ2v) is 6.91. The lowest BCUT2D eigenvalue weighted by atomic mass is 10.3. The Bertz CT molecular complexity index is 1130. The zero-order chi connectivity index (χ0) is 20.1. The molecule has 0 saturated carbocycles. The van der Waals surface area contributed by atoms with Crippen molar-refractivity contribution in [1.29, 1.82) is 0 Å². The highest BCUT2D eigenvalue weighted by atomic mass is 32.1. The van der Waals surface area contributed by atoms with E-state index in [-0.39, 0.29) is 11.8 Å². The van der Waals surface area contributed by atoms with Crippen LogP contribution in [0, 0.1) is 0 Å². The SMILES string of the molecule is O=C(/C=C/c1ccco1)Nc1ccc2nc(NC(=O)/C=C/c3ccco3)sc2c1.